The van der Waals surface area contributed by atoms with Crippen LogP contribution in [0.5, 0.6) is 0 Å². The van der Waals surface area contributed by atoms with E-state index in [1.54, 1.807) is 11.3 Å². The van der Waals surface area contributed by atoms with Crippen molar-refractivity contribution in [3.05, 3.63) is 58.1 Å². The zero-order chi connectivity index (χ0) is 13.9. The Labute approximate surface area is 121 Å². The highest BCUT2D eigenvalue weighted by Crippen LogP contribution is 2.25. The van der Waals surface area contributed by atoms with Crippen molar-refractivity contribution in [2.75, 3.05) is 0 Å². The van der Waals surface area contributed by atoms with Crippen molar-refractivity contribution < 1.29 is 4.52 Å². The molecule has 0 aliphatic heterocycles. The summed E-state index contributed by atoms with van der Waals surface area (Å²) in [6, 6.07) is 6.17. The Morgan fingerprint density at radius 2 is 2.40 bits per heavy atom. The first kappa shape index (κ1) is 13.1. The SMILES string of the molecule is Cc1cc(CNC(c2cccs2)c2nccn2C)no1. The van der Waals surface area contributed by atoms with Crippen molar-refractivity contribution in [2.24, 2.45) is 7.05 Å². The first-order valence-corrected chi connectivity index (χ1v) is 7.28. The molecule has 0 radical (unpaired) electrons. The van der Waals surface area contributed by atoms with Gasteiger partial charge in [-0.15, -0.1) is 11.3 Å². The van der Waals surface area contributed by atoms with Crippen LogP contribution in [0.1, 0.15) is 28.2 Å². The molecule has 3 heterocycles. The average Bonchev–Trinajstić information content (AvgIpc) is 3.14. The van der Waals surface area contributed by atoms with Gasteiger partial charge in [-0.25, -0.2) is 4.98 Å². The first-order valence-electron chi connectivity index (χ1n) is 6.40. The van der Waals surface area contributed by atoms with Crippen LogP contribution in [0.15, 0.2) is 40.5 Å². The summed E-state index contributed by atoms with van der Waals surface area (Å²) in [5.41, 5.74) is 0.901. The highest BCUT2D eigenvalue weighted by molar-refractivity contribution is 7.10. The Kier molecular flexibility index (Phi) is 3.66. The highest BCUT2D eigenvalue weighted by atomic mass is 32.1. The Bertz CT molecular complexity index is 671. The minimum Gasteiger partial charge on any atom is -0.361 e. The van der Waals surface area contributed by atoms with Crippen LogP contribution in [0.3, 0.4) is 0 Å². The molecule has 0 aromatic carbocycles. The molecule has 0 aliphatic rings. The van der Waals surface area contributed by atoms with Gasteiger partial charge in [0.2, 0.25) is 0 Å². The maximum Gasteiger partial charge on any atom is 0.133 e. The lowest BCUT2D eigenvalue weighted by molar-refractivity contribution is 0.386. The first-order chi connectivity index (χ1) is 9.74. The van der Waals surface area contributed by atoms with Crippen LogP contribution in [0.2, 0.25) is 0 Å². The summed E-state index contributed by atoms with van der Waals surface area (Å²) in [7, 11) is 2.00. The molecular weight excluding hydrogens is 272 g/mol. The van der Waals surface area contributed by atoms with E-state index in [9.17, 15) is 0 Å². The van der Waals surface area contributed by atoms with Crippen molar-refractivity contribution in [1.29, 1.82) is 0 Å². The van der Waals surface area contributed by atoms with Gasteiger partial charge in [-0.05, 0) is 18.4 Å². The Morgan fingerprint density at radius 1 is 1.50 bits per heavy atom. The van der Waals surface area contributed by atoms with Crippen LogP contribution in [0, 0.1) is 6.92 Å². The maximum absolute atomic E-state index is 5.09. The Balaban J connectivity index is 1.81. The van der Waals surface area contributed by atoms with Crippen LogP contribution in [0.25, 0.3) is 0 Å². The van der Waals surface area contributed by atoms with Crippen LogP contribution in [-0.4, -0.2) is 14.7 Å². The molecule has 1 N–H and O–H groups in total. The number of nitrogens with one attached hydrogen (secondary N) is 1. The number of imidazole rings is 1. The minimum atomic E-state index is 0.0620. The fraction of sp³-hybridized carbons (Fsp3) is 0.286. The monoisotopic (exact) mass is 288 g/mol. The van der Waals surface area contributed by atoms with Crippen molar-refractivity contribution in [1.82, 2.24) is 20.0 Å². The lowest BCUT2D eigenvalue weighted by Gasteiger charge is -2.16. The maximum atomic E-state index is 5.09. The molecule has 3 rings (SSSR count). The van der Waals surface area contributed by atoms with E-state index in [0.29, 0.717) is 6.54 Å². The molecule has 20 heavy (non-hydrogen) atoms. The molecule has 0 spiro atoms. The molecular formula is C14H16N4OS. The summed E-state index contributed by atoms with van der Waals surface area (Å²) in [6.07, 6.45) is 3.77. The molecule has 6 heteroatoms. The van der Waals surface area contributed by atoms with Crippen molar-refractivity contribution in [3.63, 3.8) is 0 Å². The van der Waals surface area contributed by atoms with Crippen molar-refractivity contribution in [2.45, 2.75) is 19.5 Å². The third-order valence-corrected chi connectivity index (χ3v) is 4.05. The minimum absolute atomic E-state index is 0.0620. The third kappa shape index (κ3) is 2.66. The number of hydrogen-bond donors (Lipinski definition) is 1. The fourth-order valence-electron chi connectivity index (χ4n) is 2.14. The van der Waals surface area contributed by atoms with Crippen LogP contribution in [0.4, 0.5) is 0 Å². The lowest BCUT2D eigenvalue weighted by atomic mass is 10.2. The second-order valence-electron chi connectivity index (χ2n) is 4.65. The quantitative estimate of drug-likeness (QED) is 0.784. The van der Waals surface area contributed by atoms with Crippen molar-refractivity contribution in [3.8, 4) is 0 Å². The van der Waals surface area contributed by atoms with Gasteiger partial charge in [0.05, 0.1) is 5.69 Å². The number of rotatable bonds is 5. The smallest absolute Gasteiger partial charge is 0.133 e. The molecule has 0 bridgehead atoms. The molecule has 0 saturated carbocycles. The molecule has 5 nitrogen and oxygen atoms in total. The van der Waals surface area contributed by atoms with E-state index in [4.69, 9.17) is 4.52 Å². The standard InChI is InChI=1S/C14H16N4OS/c1-10-8-11(17-19-10)9-16-13(12-4-3-7-20-12)14-15-5-6-18(14)2/h3-8,13,16H,9H2,1-2H3. The predicted octanol–water partition coefficient (Wildman–Crippen LogP) is 2.66. The number of thiophene rings is 1. The Hall–Kier alpha value is -1.92. The molecule has 3 aromatic heterocycles. The van der Waals surface area contributed by atoms with Gasteiger partial charge in [0, 0.05) is 36.9 Å². The second-order valence-corrected chi connectivity index (χ2v) is 5.63. The molecule has 0 amide bonds. The number of aryl methyl sites for hydroxylation is 2. The van der Waals surface area contributed by atoms with Crippen LogP contribution < -0.4 is 5.32 Å². The molecule has 0 saturated heterocycles. The van der Waals surface area contributed by atoms with Gasteiger partial charge in [-0.3, -0.25) is 5.32 Å². The fourth-order valence-corrected chi connectivity index (χ4v) is 2.93. The number of hydrogen-bond acceptors (Lipinski definition) is 5. The lowest BCUT2D eigenvalue weighted by Crippen LogP contribution is -2.24. The largest absolute Gasteiger partial charge is 0.361 e. The van der Waals surface area contributed by atoms with E-state index in [1.165, 1.54) is 4.88 Å². The number of aromatic nitrogens is 3. The topological polar surface area (TPSA) is 55.9 Å². The summed E-state index contributed by atoms with van der Waals surface area (Å²) in [6.45, 7) is 2.54. The van der Waals surface area contributed by atoms with Crippen LogP contribution >= 0.6 is 11.3 Å². The molecule has 3 aromatic rings. The van der Waals surface area contributed by atoms with E-state index < -0.39 is 0 Å². The summed E-state index contributed by atoms with van der Waals surface area (Å²) in [5.74, 6) is 1.82. The van der Waals surface area contributed by atoms with Gasteiger partial charge in [0.1, 0.15) is 17.6 Å². The third-order valence-electron chi connectivity index (χ3n) is 3.11. The van der Waals surface area contributed by atoms with E-state index >= 15 is 0 Å². The van der Waals surface area contributed by atoms with Gasteiger partial charge in [0.25, 0.3) is 0 Å². The zero-order valence-electron chi connectivity index (χ0n) is 11.4. The molecule has 1 unspecified atom stereocenters. The normalized spacial score (nSPS) is 12.7. The second kappa shape index (κ2) is 5.60. The molecule has 0 aliphatic carbocycles. The van der Waals surface area contributed by atoms with Gasteiger partial charge in [-0.2, -0.15) is 0 Å². The predicted molar refractivity (Wildman–Crippen MR) is 77.4 cm³/mol. The van der Waals surface area contributed by atoms with Gasteiger partial charge >= 0.3 is 0 Å². The summed E-state index contributed by atoms with van der Waals surface area (Å²) in [5, 5.41) is 9.59. The molecule has 104 valence electrons. The number of nitrogens with zero attached hydrogens (tertiary/aromatic N) is 3. The average molecular weight is 288 g/mol. The summed E-state index contributed by atoms with van der Waals surface area (Å²) in [4.78, 5) is 5.69. The zero-order valence-corrected chi connectivity index (χ0v) is 12.2. The summed E-state index contributed by atoms with van der Waals surface area (Å²) >= 11 is 1.72. The van der Waals surface area contributed by atoms with Gasteiger partial charge < -0.3 is 9.09 Å². The van der Waals surface area contributed by atoms with Crippen molar-refractivity contribution >= 4 is 11.3 Å². The molecule has 1 atom stereocenters. The van der Waals surface area contributed by atoms with Gasteiger partial charge in [0.15, 0.2) is 0 Å². The highest BCUT2D eigenvalue weighted by Gasteiger charge is 2.19. The van der Waals surface area contributed by atoms with Gasteiger partial charge in [-0.1, -0.05) is 11.2 Å². The summed E-state index contributed by atoms with van der Waals surface area (Å²) < 4.78 is 7.13. The van der Waals surface area contributed by atoms with E-state index in [2.05, 4.69) is 33.0 Å². The Morgan fingerprint density at radius 3 is 3.00 bits per heavy atom. The van der Waals surface area contributed by atoms with Crippen LogP contribution in [-0.2, 0) is 13.6 Å². The van der Waals surface area contributed by atoms with E-state index in [0.717, 1.165) is 17.3 Å². The van der Waals surface area contributed by atoms with E-state index in [-0.39, 0.29) is 6.04 Å². The molecule has 0 fully saturated rings. The van der Waals surface area contributed by atoms with E-state index in [1.807, 2.05) is 37.0 Å².